The summed E-state index contributed by atoms with van der Waals surface area (Å²) in [6.45, 7) is 0. The van der Waals surface area contributed by atoms with Crippen LogP contribution in [0.5, 0.6) is 0 Å². The average molecular weight is 269 g/mol. The molecule has 1 rings (SSSR count). The summed E-state index contributed by atoms with van der Waals surface area (Å²) >= 11 is 0. The molecule has 0 saturated carbocycles. The normalized spacial score (nSPS) is 11.4. The van der Waals surface area contributed by atoms with Crippen LogP contribution in [0.2, 0.25) is 0 Å². The third-order valence-electron chi connectivity index (χ3n) is 1.65. The highest BCUT2D eigenvalue weighted by atomic mass is 35.7. The molecule has 0 aromatic carbocycles. The van der Waals surface area contributed by atoms with E-state index in [4.69, 9.17) is 15.9 Å². The molecule has 1 N–H and O–H groups in total. The Morgan fingerprint density at radius 3 is 2.44 bits per heavy atom. The highest BCUT2D eigenvalue weighted by molar-refractivity contribution is 8.13. The first kappa shape index (κ1) is 12.6. The van der Waals surface area contributed by atoms with Gasteiger partial charge in [0.15, 0.2) is 5.03 Å². The molecule has 0 atom stereocenters. The lowest BCUT2D eigenvalue weighted by Gasteiger charge is -2.03. The largest absolute Gasteiger partial charge is 0.311 e. The van der Waals surface area contributed by atoms with E-state index in [9.17, 15) is 22.0 Å². The smallest absolute Gasteiger partial charge is 0.276 e. The van der Waals surface area contributed by atoms with E-state index < -0.39 is 37.2 Å². The van der Waals surface area contributed by atoms with Crippen LogP contribution in [0.1, 0.15) is 17.6 Å². The number of nitrogens with zero attached hydrogens (tertiary/aromatic N) is 1. The van der Waals surface area contributed by atoms with Gasteiger partial charge in [0.05, 0.1) is 11.6 Å². The summed E-state index contributed by atoms with van der Waals surface area (Å²) in [5.41, 5.74) is -3.15. The van der Waals surface area contributed by atoms with Crippen molar-refractivity contribution < 1.29 is 17.2 Å². The summed E-state index contributed by atoms with van der Waals surface area (Å²) in [4.78, 5) is 12.8. The number of hydrogen-bond donors (Lipinski definition) is 1. The van der Waals surface area contributed by atoms with Gasteiger partial charge >= 0.3 is 0 Å². The molecule has 0 radical (unpaired) electrons. The Bertz CT molecular complexity index is 617. The van der Waals surface area contributed by atoms with E-state index in [-0.39, 0.29) is 0 Å². The minimum atomic E-state index is -4.28. The molecule has 16 heavy (non-hydrogen) atoms. The highest BCUT2D eigenvalue weighted by Crippen LogP contribution is 2.21. The summed E-state index contributed by atoms with van der Waals surface area (Å²) in [5.74, 6) is 0. The van der Waals surface area contributed by atoms with Gasteiger partial charge < -0.3 is 4.98 Å². The van der Waals surface area contributed by atoms with Crippen LogP contribution in [0.4, 0.5) is 8.78 Å². The lowest BCUT2D eigenvalue weighted by Crippen LogP contribution is -2.18. The lowest BCUT2D eigenvalue weighted by atomic mass is 10.1. The Morgan fingerprint density at radius 2 is 2.06 bits per heavy atom. The SMILES string of the molecule is N#Cc1cc(S(=O)(=O)Cl)[nH]c(=O)c1C(F)F. The van der Waals surface area contributed by atoms with Crippen molar-refractivity contribution in [2.24, 2.45) is 0 Å². The summed E-state index contributed by atoms with van der Waals surface area (Å²) in [6.07, 6.45) is -3.18. The van der Waals surface area contributed by atoms with Crippen LogP contribution in [0.3, 0.4) is 0 Å². The fourth-order valence-electron chi connectivity index (χ4n) is 0.987. The van der Waals surface area contributed by atoms with Gasteiger partial charge in [-0.15, -0.1) is 0 Å². The zero-order chi connectivity index (χ0) is 12.5. The van der Waals surface area contributed by atoms with Crippen LogP contribution < -0.4 is 5.56 Å². The predicted octanol–water partition coefficient (Wildman–Crippen LogP) is 1.11. The fourth-order valence-corrected chi connectivity index (χ4v) is 1.71. The number of rotatable bonds is 2. The molecule has 1 aromatic heterocycles. The zero-order valence-electron chi connectivity index (χ0n) is 7.37. The summed E-state index contributed by atoms with van der Waals surface area (Å²) < 4.78 is 46.4. The second kappa shape index (κ2) is 4.19. The minimum Gasteiger partial charge on any atom is -0.311 e. The maximum absolute atomic E-state index is 12.4. The number of hydrogen-bond acceptors (Lipinski definition) is 4. The number of aromatic nitrogens is 1. The molecule has 1 heterocycles. The van der Waals surface area contributed by atoms with E-state index in [1.165, 1.54) is 6.07 Å². The third kappa shape index (κ3) is 2.37. The molecule has 0 spiro atoms. The maximum atomic E-state index is 12.4. The lowest BCUT2D eigenvalue weighted by molar-refractivity contribution is 0.149. The Hall–Kier alpha value is -1.46. The van der Waals surface area contributed by atoms with Crippen molar-refractivity contribution in [2.75, 3.05) is 0 Å². The van der Waals surface area contributed by atoms with Crippen LogP contribution in [0.25, 0.3) is 0 Å². The van der Waals surface area contributed by atoms with E-state index in [0.717, 1.165) is 0 Å². The van der Waals surface area contributed by atoms with Gasteiger partial charge in [-0.3, -0.25) is 4.79 Å². The summed E-state index contributed by atoms with van der Waals surface area (Å²) in [7, 11) is 0.617. The third-order valence-corrected chi connectivity index (χ3v) is 2.89. The van der Waals surface area contributed by atoms with Gasteiger partial charge in [-0.25, -0.2) is 17.2 Å². The molecule has 86 valence electrons. The van der Waals surface area contributed by atoms with Crippen LogP contribution >= 0.6 is 10.7 Å². The van der Waals surface area contributed by atoms with Crippen LogP contribution in [-0.4, -0.2) is 13.4 Å². The number of pyridine rings is 1. The van der Waals surface area contributed by atoms with Crippen LogP contribution in [-0.2, 0) is 9.05 Å². The highest BCUT2D eigenvalue weighted by Gasteiger charge is 2.22. The van der Waals surface area contributed by atoms with Gasteiger partial charge in [0.25, 0.3) is 21.0 Å². The molecule has 0 fully saturated rings. The number of H-pyrrole nitrogens is 1. The van der Waals surface area contributed by atoms with Gasteiger partial charge in [-0.2, -0.15) is 5.26 Å². The molecule has 0 bridgehead atoms. The molecule has 0 saturated heterocycles. The number of aromatic amines is 1. The first-order valence-electron chi connectivity index (χ1n) is 3.67. The number of halogens is 3. The monoisotopic (exact) mass is 268 g/mol. The molecular formula is C7H3ClF2N2O3S. The van der Waals surface area contributed by atoms with Crippen molar-refractivity contribution in [3.63, 3.8) is 0 Å². The van der Waals surface area contributed by atoms with E-state index in [2.05, 4.69) is 0 Å². The molecule has 0 aliphatic carbocycles. The molecule has 0 amide bonds. The van der Waals surface area contributed by atoms with Crippen molar-refractivity contribution >= 4 is 19.7 Å². The second-order valence-electron chi connectivity index (χ2n) is 2.64. The number of nitrogens with one attached hydrogen (secondary N) is 1. The Morgan fingerprint density at radius 1 is 1.50 bits per heavy atom. The van der Waals surface area contributed by atoms with Crippen LogP contribution in [0.15, 0.2) is 15.9 Å². The molecule has 0 aliphatic rings. The molecule has 9 heteroatoms. The van der Waals surface area contributed by atoms with Crippen molar-refractivity contribution in [1.29, 1.82) is 5.26 Å². The first-order valence-corrected chi connectivity index (χ1v) is 5.98. The van der Waals surface area contributed by atoms with Gasteiger partial charge in [0.1, 0.15) is 5.56 Å². The molecular weight excluding hydrogens is 266 g/mol. The second-order valence-corrected chi connectivity index (χ2v) is 5.17. The van der Waals surface area contributed by atoms with Crippen molar-refractivity contribution in [3.8, 4) is 6.07 Å². The van der Waals surface area contributed by atoms with E-state index in [1.54, 1.807) is 4.98 Å². The van der Waals surface area contributed by atoms with Crippen molar-refractivity contribution in [3.05, 3.63) is 27.5 Å². The summed E-state index contributed by atoms with van der Waals surface area (Å²) in [5, 5.41) is 7.72. The van der Waals surface area contributed by atoms with Crippen molar-refractivity contribution in [2.45, 2.75) is 11.5 Å². The van der Waals surface area contributed by atoms with Gasteiger partial charge in [0.2, 0.25) is 0 Å². The molecule has 1 aromatic rings. The molecule has 5 nitrogen and oxygen atoms in total. The number of nitriles is 1. The van der Waals surface area contributed by atoms with Gasteiger partial charge in [-0.05, 0) is 6.07 Å². The standard InChI is InChI=1S/C7H3ClF2N2O3S/c8-16(14,15)4-1-3(2-11)5(6(9)10)7(13)12-4/h1,6H,(H,12,13). The average Bonchev–Trinajstić information content (AvgIpc) is 2.14. The Balaban J connectivity index is 3.66. The quantitative estimate of drug-likeness (QED) is 0.814. The first-order chi connectivity index (χ1) is 7.27. The fraction of sp³-hybridized carbons (Fsp3) is 0.143. The number of alkyl halides is 2. The molecule has 0 unspecified atom stereocenters. The van der Waals surface area contributed by atoms with E-state index in [1.807, 2.05) is 0 Å². The maximum Gasteiger partial charge on any atom is 0.276 e. The zero-order valence-corrected chi connectivity index (χ0v) is 8.94. The Labute approximate surface area is 92.7 Å². The van der Waals surface area contributed by atoms with Crippen molar-refractivity contribution in [1.82, 2.24) is 4.98 Å². The summed E-state index contributed by atoms with van der Waals surface area (Å²) in [6, 6.07) is 1.90. The van der Waals surface area contributed by atoms with Gasteiger partial charge in [-0.1, -0.05) is 0 Å². The predicted molar refractivity (Wildman–Crippen MR) is 49.8 cm³/mol. The Kier molecular flexibility index (Phi) is 3.30. The van der Waals surface area contributed by atoms with Crippen LogP contribution in [0, 0.1) is 11.3 Å². The van der Waals surface area contributed by atoms with Gasteiger partial charge in [0, 0.05) is 10.7 Å². The van der Waals surface area contributed by atoms with E-state index >= 15 is 0 Å². The van der Waals surface area contributed by atoms with E-state index in [0.29, 0.717) is 6.07 Å². The molecule has 0 aliphatic heterocycles. The minimum absolute atomic E-state index is 0.589. The topological polar surface area (TPSA) is 90.8 Å².